The molecule has 15 heteroatoms. The number of hydrogen-bond donors (Lipinski definition) is 7. The number of phenols is 3. The molecule has 2 aromatic rings. The maximum atomic E-state index is 14.4. The lowest BCUT2D eigenvalue weighted by atomic mass is 9.78. The maximum absolute atomic E-state index is 14.4. The van der Waals surface area contributed by atoms with Crippen LogP contribution < -0.4 is 10.1 Å². The molecule has 4 aliphatic heterocycles. The number of fused-ring (bicyclic) bond motifs is 14. The van der Waals surface area contributed by atoms with Gasteiger partial charge in [0.1, 0.15) is 17.2 Å². The number of carbonyl (C=O) groups excluding carboxylic acids is 2. The molecule has 1 saturated heterocycles. The van der Waals surface area contributed by atoms with Gasteiger partial charge in [0.15, 0.2) is 5.75 Å². The fourth-order valence-electron chi connectivity index (χ4n) is 9.08. The molecule has 0 unspecified atom stereocenters. The minimum Gasteiger partial charge on any atom is -0.507 e. The standard InChI is InChI=1S/C45H62N4O11/c1-23-12-11-13-24(2)44(57)47-35-30(22-46-49-19-17-48(18-20-49)29-14-9-10-15-29)40(54)32-33(41(35)55)39(53)28(6)42-34(32)43(56)45(7,60-42)59-21-16-31(58-8)25(3)37(51)27(5)38(52)26(4)36(23)50/h11-13,16,21-23,25-27,29,31,36-38,50-55H,9-10,14-15,17-20H2,1-8H3,(H,47,57)/b12-11?,21-16-,24-13-,46-22?/t23-,25+,26+,27-,31-,36-,37+,38+,45-/m0/s1. The van der Waals surface area contributed by atoms with Crippen LogP contribution in [0.2, 0.25) is 0 Å². The number of carbonyl (C=O) groups is 2. The molecule has 9 atom stereocenters. The number of Topliss-reactive ketones (excluding diaryl/α,β-unsaturated/α-hetero) is 1. The normalized spacial score (nSPS) is 33.0. The van der Waals surface area contributed by atoms with Crippen LogP contribution >= 0.6 is 0 Å². The van der Waals surface area contributed by atoms with Gasteiger partial charge in [-0.1, -0.05) is 58.8 Å². The quantitative estimate of drug-likeness (QED) is 0.122. The number of aromatic hydroxyl groups is 3. The van der Waals surface area contributed by atoms with Crippen LogP contribution in [0.1, 0.15) is 88.7 Å². The molecule has 5 bridgehead atoms. The van der Waals surface area contributed by atoms with Gasteiger partial charge in [-0.05, 0) is 32.8 Å². The Labute approximate surface area is 351 Å². The Hall–Kier alpha value is -4.67. The van der Waals surface area contributed by atoms with E-state index in [1.54, 1.807) is 46.8 Å². The molecule has 2 fully saturated rings. The lowest BCUT2D eigenvalue weighted by Crippen LogP contribution is -2.47. The molecule has 5 aliphatic rings. The van der Waals surface area contributed by atoms with E-state index in [0.29, 0.717) is 19.1 Å². The first-order chi connectivity index (χ1) is 28.4. The fraction of sp³-hybridized carbons (Fsp3) is 0.578. The lowest BCUT2D eigenvalue weighted by molar-refractivity contribution is -0.112. The maximum Gasteiger partial charge on any atom is 0.312 e. The summed E-state index contributed by atoms with van der Waals surface area (Å²) in [6, 6.07) is 0.561. The molecule has 0 spiro atoms. The molecule has 4 heterocycles. The van der Waals surface area contributed by atoms with Crippen molar-refractivity contribution in [3.05, 3.63) is 52.8 Å². The number of aliphatic hydroxyl groups is 3. The Bertz CT molecular complexity index is 2070. The molecule has 15 nitrogen and oxygen atoms in total. The van der Waals surface area contributed by atoms with E-state index >= 15 is 0 Å². The number of benzene rings is 2. The van der Waals surface area contributed by atoms with Crippen molar-refractivity contribution in [3.8, 4) is 23.0 Å². The van der Waals surface area contributed by atoms with Crippen LogP contribution in [0.3, 0.4) is 0 Å². The number of ketones is 1. The SMILES string of the molecule is CO[C@H]1/C=C\O[C@@]2(C)Oc3c(C)c(O)c4c(O)c(c(C=NN5CCN(C6CCCC6)CC5)c(O)c4c3C2=O)NC(=O)/C(C)=C\C=C[C@H](C)[C@H](O)[C@@H](C)[C@@H](O)[C@@H](C)[C@H](O)[C@@H]1C. The van der Waals surface area contributed by atoms with Crippen molar-refractivity contribution in [1.29, 1.82) is 0 Å². The van der Waals surface area contributed by atoms with Crippen LogP contribution in [0.25, 0.3) is 10.8 Å². The molecular weight excluding hydrogens is 773 g/mol. The van der Waals surface area contributed by atoms with Crippen molar-refractivity contribution in [1.82, 2.24) is 9.91 Å². The number of amides is 1. The van der Waals surface area contributed by atoms with E-state index in [1.807, 2.05) is 5.01 Å². The van der Waals surface area contributed by atoms with Crippen molar-refractivity contribution in [2.45, 2.75) is 110 Å². The molecule has 7 N–H and O–H groups in total. The number of aliphatic hydroxyl groups excluding tert-OH is 3. The Morgan fingerprint density at radius 1 is 0.867 bits per heavy atom. The van der Waals surface area contributed by atoms with E-state index in [1.165, 1.54) is 71.3 Å². The van der Waals surface area contributed by atoms with Crippen LogP contribution in [-0.4, -0.2) is 128 Å². The minimum absolute atomic E-state index is 0.0742. The predicted molar refractivity (Wildman–Crippen MR) is 227 cm³/mol. The monoisotopic (exact) mass is 834 g/mol. The summed E-state index contributed by atoms with van der Waals surface area (Å²) in [7, 11) is 1.45. The third-order valence-electron chi connectivity index (χ3n) is 13.3. The Balaban J connectivity index is 1.46. The van der Waals surface area contributed by atoms with Crippen molar-refractivity contribution in [3.63, 3.8) is 0 Å². The summed E-state index contributed by atoms with van der Waals surface area (Å²) in [5.74, 6) is -7.52. The number of piperazine rings is 1. The number of anilines is 1. The van der Waals surface area contributed by atoms with Gasteiger partial charge in [0.05, 0.1) is 59.1 Å². The second kappa shape index (κ2) is 18.1. The number of nitrogens with one attached hydrogen (secondary N) is 1. The second-order valence-electron chi connectivity index (χ2n) is 17.2. The van der Waals surface area contributed by atoms with Crippen LogP contribution in [0, 0.1) is 30.6 Å². The first kappa shape index (κ1) is 44.9. The number of rotatable bonds is 4. The highest BCUT2D eigenvalue weighted by Crippen LogP contribution is 2.55. The van der Waals surface area contributed by atoms with Crippen molar-refractivity contribution < 1.29 is 54.4 Å². The van der Waals surface area contributed by atoms with Gasteiger partial charge in [-0.15, -0.1) is 0 Å². The molecular formula is C45H62N4O11. The molecule has 0 radical (unpaired) electrons. The molecule has 1 aliphatic carbocycles. The van der Waals surface area contributed by atoms with E-state index < -0.39 is 82.8 Å². The number of hydrogen-bond acceptors (Lipinski definition) is 14. The molecule has 328 valence electrons. The van der Waals surface area contributed by atoms with Gasteiger partial charge in [-0.3, -0.25) is 19.5 Å². The number of phenolic OH excluding ortho intramolecular Hbond substituents is 3. The summed E-state index contributed by atoms with van der Waals surface area (Å²) >= 11 is 0. The van der Waals surface area contributed by atoms with E-state index in [0.717, 1.165) is 13.1 Å². The molecule has 0 aromatic heterocycles. The summed E-state index contributed by atoms with van der Waals surface area (Å²) in [6.45, 7) is 14.1. The second-order valence-corrected chi connectivity index (χ2v) is 17.2. The van der Waals surface area contributed by atoms with Crippen molar-refractivity contribution >= 4 is 34.4 Å². The Morgan fingerprint density at radius 3 is 2.15 bits per heavy atom. The predicted octanol–water partition coefficient (Wildman–Crippen LogP) is 5.08. The Kier molecular flexibility index (Phi) is 13.6. The van der Waals surface area contributed by atoms with Crippen LogP contribution in [-0.2, 0) is 14.3 Å². The summed E-state index contributed by atoms with van der Waals surface area (Å²) in [5, 5.41) is 78.4. The first-order valence-electron chi connectivity index (χ1n) is 21.0. The highest BCUT2D eigenvalue weighted by molar-refractivity contribution is 6.23. The van der Waals surface area contributed by atoms with E-state index in [9.17, 15) is 40.2 Å². The third-order valence-corrected chi connectivity index (χ3v) is 13.3. The zero-order valence-electron chi connectivity index (χ0n) is 35.9. The largest absolute Gasteiger partial charge is 0.507 e. The van der Waals surface area contributed by atoms with Gasteiger partial charge >= 0.3 is 5.79 Å². The number of nitrogens with zero attached hydrogens (tertiary/aromatic N) is 3. The van der Waals surface area contributed by atoms with Crippen LogP contribution in [0.15, 0.2) is 41.2 Å². The average Bonchev–Trinajstić information content (AvgIpc) is 3.87. The van der Waals surface area contributed by atoms with E-state index in [-0.39, 0.29) is 44.5 Å². The summed E-state index contributed by atoms with van der Waals surface area (Å²) in [5.41, 5.74) is -0.233. The van der Waals surface area contributed by atoms with Gasteiger partial charge in [0, 0.05) is 86.4 Å². The fourth-order valence-corrected chi connectivity index (χ4v) is 9.08. The Morgan fingerprint density at radius 2 is 1.50 bits per heavy atom. The molecule has 1 amide bonds. The van der Waals surface area contributed by atoms with Crippen molar-refractivity contribution in [2.24, 2.45) is 28.8 Å². The summed E-state index contributed by atoms with van der Waals surface area (Å²) in [4.78, 5) is 30.7. The zero-order chi connectivity index (χ0) is 43.8. The number of hydrazone groups is 1. The van der Waals surface area contributed by atoms with Gasteiger partial charge in [-0.25, -0.2) is 0 Å². The van der Waals surface area contributed by atoms with E-state index in [2.05, 4.69) is 15.3 Å². The highest BCUT2D eigenvalue weighted by Gasteiger charge is 2.50. The lowest BCUT2D eigenvalue weighted by Gasteiger charge is -2.36. The zero-order valence-corrected chi connectivity index (χ0v) is 35.9. The molecule has 2 aromatic carbocycles. The number of allylic oxidation sites excluding steroid dienone is 2. The smallest absolute Gasteiger partial charge is 0.312 e. The average molecular weight is 835 g/mol. The third kappa shape index (κ3) is 8.47. The summed E-state index contributed by atoms with van der Waals surface area (Å²) < 4.78 is 17.8. The van der Waals surface area contributed by atoms with Gasteiger partial charge < -0.3 is 50.2 Å². The van der Waals surface area contributed by atoms with Gasteiger partial charge in [-0.2, -0.15) is 5.10 Å². The van der Waals surface area contributed by atoms with Gasteiger partial charge in [0.25, 0.3) is 11.7 Å². The number of ether oxygens (including phenoxy) is 3. The topological polar surface area (TPSA) is 214 Å². The number of methoxy groups -OCH3 is 1. The molecule has 60 heavy (non-hydrogen) atoms. The van der Waals surface area contributed by atoms with Gasteiger partial charge in [0.2, 0.25) is 0 Å². The first-order valence-corrected chi connectivity index (χ1v) is 21.0. The molecule has 7 rings (SSSR count). The highest BCUT2D eigenvalue weighted by atomic mass is 16.7. The van der Waals surface area contributed by atoms with Crippen molar-refractivity contribution in [2.75, 3.05) is 38.6 Å². The summed E-state index contributed by atoms with van der Waals surface area (Å²) in [6.07, 6.45) is 9.71. The van der Waals surface area contributed by atoms with Crippen LogP contribution in [0.5, 0.6) is 23.0 Å². The van der Waals surface area contributed by atoms with Crippen LogP contribution in [0.4, 0.5) is 5.69 Å². The van der Waals surface area contributed by atoms with E-state index in [4.69, 9.17) is 14.2 Å². The molecule has 1 saturated carbocycles. The minimum atomic E-state index is -2.01.